The van der Waals surface area contributed by atoms with Gasteiger partial charge < -0.3 is 4.90 Å². The summed E-state index contributed by atoms with van der Waals surface area (Å²) in [6, 6.07) is 0. The summed E-state index contributed by atoms with van der Waals surface area (Å²) in [6.07, 6.45) is 5.79. The molecule has 1 saturated heterocycles. The quantitative estimate of drug-likeness (QED) is 0.856. The van der Waals surface area contributed by atoms with E-state index in [-0.39, 0.29) is 5.91 Å². The zero-order valence-corrected chi connectivity index (χ0v) is 12.2. The van der Waals surface area contributed by atoms with Gasteiger partial charge in [-0.2, -0.15) is 5.10 Å². The second kappa shape index (κ2) is 5.38. The molecule has 2 aliphatic rings. The van der Waals surface area contributed by atoms with Crippen molar-refractivity contribution >= 4 is 5.91 Å². The highest BCUT2D eigenvalue weighted by Gasteiger charge is 2.35. The molecular formula is C15H22N4O. The number of carbonyl (C=O) groups is 1. The van der Waals surface area contributed by atoms with E-state index in [0.717, 1.165) is 37.6 Å². The Kier molecular flexibility index (Phi) is 3.59. The first-order valence-corrected chi connectivity index (χ1v) is 7.43. The molecule has 1 aliphatic heterocycles. The first kappa shape index (κ1) is 13.3. The van der Waals surface area contributed by atoms with Gasteiger partial charge in [-0.25, -0.2) is 4.98 Å². The van der Waals surface area contributed by atoms with Crippen molar-refractivity contribution in [1.82, 2.24) is 20.1 Å². The van der Waals surface area contributed by atoms with Crippen molar-refractivity contribution in [3.05, 3.63) is 23.3 Å². The van der Waals surface area contributed by atoms with Crippen molar-refractivity contribution in [1.29, 1.82) is 0 Å². The van der Waals surface area contributed by atoms with Crippen LogP contribution in [0.4, 0.5) is 0 Å². The Morgan fingerprint density at radius 2 is 2.20 bits per heavy atom. The van der Waals surface area contributed by atoms with Crippen molar-refractivity contribution in [2.24, 2.45) is 11.8 Å². The molecule has 0 unspecified atom stereocenters. The van der Waals surface area contributed by atoms with Crippen LogP contribution in [0.1, 0.15) is 37.8 Å². The Bertz CT molecular complexity index is 534. The van der Waals surface area contributed by atoms with Crippen molar-refractivity contribution in [2.45, 2.75) is 39.5 Å². The first-order valence-electron chi connectivity index (χ1n) is 7.43. The molecule has 0 aromatic carbocycles. The highest BCUT2D eigenvalue weighted by atomic mass is 16.2. The minimum absolute atomic E-state index is 0.250. The maximum absolute atomic E-state index is 12.3. The second-order valence-electron chi connectivity index (χ2n) is 6.15. The monoisotopic (exact) mass is 274 g/mol. The normalized spacial score (nSPS) is 25.5. The van der Waals surface area contributed by atoms with E-state index in [9.17, 15) is 4.79 Å². The van der Waals surface area contributed by atoms with E-state index >= 15 is 0 Å². The van der Waals surface area contributed by atoms with Crippen LogP contribution in [0.2, 0.25) is 0 Å². The van der Waals surface area contributed by atoms with Gasteiger partial charge in [-0.15, -0.1) is 0 Å². The van der Waals surface area contributed by atoms with Crippen molar-refractivity contribution in [2.75, 3.05) is 13.1 Å². The molecule has 0 saturated carbocycles. The number of fused-ring (bicyclic) bond motifs is 1. The summed E-state index contributed by atoms with van der Waals surface area (Å²) in [5, 5.41) is 6.90. The third kappa shape index (κ3) is 2.76. The maximum atomic E-state index is 12.3. The van der Waals surface area contributed by atoms with Gasteiger partial charge in [0, 0.05) is 25.9 Å². The molecule has 2 heterocycles. The van der Waals surface area contributed by atoms with E-state index in [1.54, 1.807) is 0 Å². The van der Waals surface area contributed by atoms with Gasteiger partial charge in [0.05, 0.1) is 0 Å². The zero-order valence-electron chi connectivity index (χ0n) is 12.2. The lowest BCUT2D eigenvalue weighted by Crippen LogP contribution is -2.29. The summed E-state index contributed by atoms with van der Waals surface area (Å²) in [6.45, 7) is 5.94. The van der Waals surface area contributed by atoms with Crippen LogP contribution in [0.25, 0.3) is 0 Å². The fourth-order valence-electron chi connectivity index (χ4n) is 3.37. The number of likely N-dealkylation sites (tertiary alicyclic amines) is 1. The van der Waals surface area contributed by atoms with E-state index in [4.69, 9.17) is 0 Å². The minimum atomic E-state index is 0.250. The number of aromatic nitrogens is 3. The molecule has 0 bridgehead atoms. The Labute approximate surface area is 119 Å². The molecule has 1 fully saturated rings. The summed E-state index contributed by atoms with van der Waals surface area (Å²) < 4.78 is 0. The lowest BCUT2D eigenvalue weighted by Gasteiger charge is -2.21. The molecule has 5 nitrogen and oxygen atoms in total. The van der Waals surface area contributed by atoms with Crippen molar-refractivity contribution < 1.29 is 4.79 Å². The largest absolute Gasteiger partial charge is 0.342 e. The van der Waals surface area contributed by atoms with E-state index in [2.05, 4.69) is 28.2 Å². The van der Waals surface area contributed by atoms with Crippen LogP contribution in [0.15, 0.2) is 11.6 Å². The Balaban J connectivity index is 1.52. The number of nitrogens with zero attached hydrogens (tertiary/aromatic N) is 3. The molecule has 0 spiro atoms. The van der Waals surface area contributed by atoms with Crippen LogP contribution < -0.4 is 0 Å². The summed E-state index contributed by atoms with van der Waals surface area (Å²) in [7, 11) is 0. The van der Waals surface area contributed by atoms with Gasteiger partial charge >= 0.3 is 0 Å². The molecule has 1 aliphatic carbocycles. The van der Waals surface area contributed by atoms with Crippen LogP contribution in [-0.4, -0.2) is 39.1 Å². The number of hydrogen-bond donors (Lipinski definition) is 1. The van der Waals surface area contributed by atoms with Gasteiger partial charge in [0.2, 0.25) is 5.91 Å². The number of carbonyl (C=O) groups excluding carboxylic acids is 1. The van der Waals surface area contributed by atoms with Gasteiger partial charge in [-0.1, -0.05) is 11.6 Å². The standard InChI is InChI=1S/C15H22N4O/c1-10-3-4-12-8-19(9-13(12)7-10)15(20)6-5-14-16-11(2)17-18-14/h3,12-13H,4-9H2,1-2H3,(H,16,17,18)/t12-,13+/m1/s1. The molecule has 1 aromatic rings. The average Bonchev–Trinajstić information content (AvgIpc) is 3.01. The van der Waals surface area contributed by atoms with Gasteiger partial charge in [-0.05, 0) is 38.5 Å². The first-order chi connectivity index (χ1) is 9.61. The molecule has 1 N–H and O–H groups in total. The van der Waals surface area contributed by atoms with E-state index < -0.39 is 0 Å². The molecule has 20 heavy (non-hydrogen) atoms. The Hall–Kier alpha value is -1.65. The lowest BCUT2D eigenvalue weighted by atomic mass is 9.83. The number of nitrogens with one attached hydrogen (secondary N) is 1. The van der Waals surface area contributed by atoms with Crippen LogP contribution in [0, 0.1) is 18.8 Å². The number of aromatic amines is 1. The summed E-state index contributed by atoms with van der Waals surface area (Å²) in [4.78, 5) is 18.6. The zero-order chi connectivity index (χ0) is 14.1. The highest BCUT2D eigenvalue weighted by Crippen LogP contribution is 2.35. The Morgan fingerprint density at radius 1 is 1.40 bits per heavy atom. The average molecular weight is 274 g/mol. The molecular weight excluding hydrogens is 252 g/mol. The van der Waals surface area contributed by atoms with Gasteiger partial charge in [0.1, 0.15) is 5.82 Å². The van der Waals surface area contributed by atoms with Gasteiger partial charge in [0.25, 0.3) is 0 Å². The van der Waals surface area contributed by atoms with Gasteiger partial charge in [-0.3, -0.25) is 9.89 Å². The smallest absolute Gasteiger partial charge is 0.223 e. The van der Waals surface area contributed by atoms with E-state index in [0.29, 0.717) is 24.7 Å². The number of rotatable bonds is 3. The highest BCUT2D eigenvalue weighted by molar-refractivity contribution is 5.76. The summed E-state index contributed by atoms with van der Waals surface area (Å²) in [5.74, 6) is 3.15. The van der Waals surface area contributed by atoms with Crippen LogP contribution >= 0.6 is 0 Å². The predicted molar refractivity (Wildman–Crippen MR) is 76.0 cm³/mol. The molecule has 3 rings (SSSR count). The molecule has 1 amide bonds. The molecule has 108 valence electrons. The molecule has 1 aromatic heterocycles. The molecule has 5 heteroatoms. The number of hydrogen-bond acceptors (Lipinski definition) is 3. The summed E-state index contributed by atoms with van der Waals surface area (Å²) >= 11 is 0. The van der Waals surface area contributed by atoms with Gasteiger partial charge in [0.15, 0.2) is 5.82 Å². The number of aryl methyl sites for hydroxylation is 2. The minimum Gasteiger partial charge on any atom is -0.342 e. The second-order valence-corrected chi connectivity index (χ2v) is 6.15. The SMILES string of the molecule is CC1=CC[C@@H]2CN(C(=O)CCc3n[nH]c(C)n3)C[C@@H]2C1. The maximum Gasteiger partial charge on any atom is 0.223 e. The number of allylic oxidation sites excluding steroid dienone is 2. The third-order valence-corrected chi connectivity index (χ3v) is 4.49. The van der Waals surface area contributed by atoms with E-state index in [1.165, 1.54) is 5.57 Å². The topological polar surface area (TPSA) is 61.9 Å². The Morgan fingerprint density at radius 3 is 2.95 bits per heavy atom. The van der Waals surface area contributed by atoms with Crippen LogP contribution in [0.3, 0.4) is 0 Å². The number of amides is 1. The van der Waals surface area contributed by atoms with E-state index in [1.807, 2.05) is 11.8 Å². The fourth-order valence-corrected chi connectivity index (χ4v) is 3.37. The molecule has 0 radical (unpaired) electrons. The van der Waals surface area contributed by atoms with Crippen LogP contribution in [-0.2, 0) is 11.2 Å². The predicted octanol–water partition coefficient (Wildman–Crippen LogP) is 1.86. The number of H-pyrrole nitrogens is 1. The van der Waals surface area contributed by atoms with Crippen molar-refractivity contribution in [3.63, 3.8) is 0 Å². The lowest BCUT2D eigenvalue weighted by molar-refractivity contribution is -0.130. The van der Waals surface area contributed by atoms with Crippen molar-refractivity contribution in [3.8, 4) is 0 Å². The van der Waals surface area contributed by atoms with Crippen LogP contribution in [0.5, 0.6) is 0 Å². The fraction of sp³-hybridized carbons (Fsp3) is 0.667. The molecule has 2 atom stereocenters. The summed E-state index contributed by atoms with van der Waals surface area (Å²) in [5.41, 5.74) is 1.48. The third-order valence-electron chi connectivity index (χ3n) is 4.49.